The van der Waals surface area contributed by atoms with Crippen molar-refractivity contribution in [3.05, 3.63) is 88.2 Å². The Labute approximate surface area is 223 Å². The molecule has 0 spiro atoms. The van der Waals surface area contributed by atoms with Gasteiger partial charge in [0.05, 0.1) is 15.6 Å². The fourth-order valence-electron chi connectivity index (χ4n) is 2.90. The van der Waals surface area contributed by atoms with E-state index in [-0.39, 0.29) is 51.6 Å². The normalized spacial score (nSPS) is 11.5. The van der Waals surface area contributed by atoms with Gasteiger partial charge in [0, 0.05) is 25.1 Å². The molecule has 0 fully saturated rings. The van der Waals surface area contributed by atoms with E-state index in [2.05, 4.69) is 15.3 Å². The molecule has 3 rings (SSSR count). The van der Waals surface area contributed by atoms with Gasteiger partial charge in [-0.3, -0.25) is 4.79 Å². The van der Waals surface area contributed by atoms with Gasteiger partial charge in [-0.05, 0) is 42.3 Å². The van der Waals surface area contributed by atoms with E-state index in [1.54, 1.807) is 36.7 Å². The van der Waals surface area contributed by atoms with Gasteiger partial charge >= 0.3 is 35.5 Å². The molecule has 2 aromatic carbocycles. The van der Waals surface area contributed by atoms with Crippen molar-refractivity contribution in [3.63, 3.8) is 0 Å². The van der Waals surface area contributed by atoms with E-state index in [9.17, 15) is 14.7 Å². The van der Waals surface area contributed by atoms with Crippen LogP contribution in [0.2, 0.25) is 10.0 Å². The fraction of sp³-hybridized carbons (Fsp3) is 0.130. The zero-order valence-electron chi connectivity index (χ0n) is 17.1. The van der Waals surface area contributed by atoms with Gasteiger partial charge in [-0.25, -0.2) is 14.8 Å². The van der Waals surface area contributed by atoms with Crippen molar-refractivity contribution >= 4 is 82.3 Å². The van der Waals surface area contributed by atoms with Crippen molar-refractivity contribution < 1.29 is 14.7 Å². The van der Waals surface area contributed by atoms with Gasteiger partial charge in [0.15, 0.2) is 0 Å². The number of halogens is 2. The van der Waals surface area contributed by atoms with Gasteiger partial charge in [0.2, 0.25) is 5.95 Å². The molecule has 0 aliphatic heterocycles. The number of anilines is 2. The van der Waals surface area contributed by atoms with E-state index < -0.39 is 17.9 Å². The molecule has 166 valence electrons. The van der Waals surface area contributed by atoms with E-state index in [1.165, 1.54) is 12.1 Å². The molecule has 33 heavy (non-hydrogen) atoms. The summed E-state index contributed by atoms with van der Waals surface area (Å²) >= 11 is 12.1. The molecule has 2 N–H and O–H groups in total. The summed E-state index contributed by atoms with van der Waals surface area (Å²) in [6, 6.07) is 12.9. The number of benzene rings is 2. The summed E-state index contributed by atoms with van der Waals surface area (Å²) < 4.78 is 0. The quantitative estimate of drug-likeness (QED) is 0.455. The van der Waals surface area contributed by atoms with E-state index in [0.717, 1.165) is 11.3 Å². The molecule has 0 bridgehead atoms. The first kappa shape index (κ1) is 26.8. The van der Waals surface area contributed by atoms with E-state index in [0.29, 0.717) is 5.95 Å². The summed E-state index contributed by atoms with van der Waals surface area (Å²) in [4.78, 5) is 34.3. The number of hydrogen-bond donors (Lipinski definition) is 2. The number of carboxylic acid groups (broad SMARTS) is 1. The van der Waals surface area contributed by atoms with Crippen molar-refractivity contribution in [2.24, 2.45) is 0 Å². The third-order valence-electron chi connectivity index (χ3n) is 4.61. The maximum atomic E-state index is 12.5. The molecule has 0 saturated heterocycles. The molecule has 10 heteroatoms. The number of amides is 1. The third kappa shape index (κ3) is 7.28. The Morgan fingerprint density at radius 2 is 1.67 bits per heavy atom. The number of nitrogens with one attached hydrogen (secondary N) is 1. The summed E-state index contributed by atoms with van der Waals surface area (Å²) in [5.41, 5.74) is 1.83. The molecule has 1 amide bonds. The standard InChI is InChI=1S/C23H20Cl2N4O3.Na.H/c1-29(23-26-13-4-14-27-23)16-11-9-15(10-12-16)5-2-8-19(22(31)32)28-21(30)20-17(24)6-3-7-18(20)25;;/h2-7,9-14,19H,8H2,1H3,(H,28,30)(H,31,32);;. The van der Waals surface area contributed by atoms with E-state index >= 15 is 0 Å². The van der Waals surface area contributed by atoms with Crippen LogP contribution in [0.1, 0.15) is 22.3 Å². The number of rotatable bonds is 8. The molecule has 1 heterocycles. The minimum absolute atomic E-state index is 0. The average Bonchev–Trinajstić information content (AvgIpc) is 2.78. The van der Waals surface area contributed by atoms with Gasteiger partial charge in [-0.2, -0.15) is 0 Å². The van der Waals surface area contributed by atoms with E-state index in [4.69, 9.17) is 23.2 Å². The zero-order valence-corrected chi connectivity index (χ0v) is 18.6. The minimum atomic E-state index is -1.16. The fourth-order valence-corrected chi connectivity index (χ4v) is 3.46. The second-order valence-electron chi connectivity index (χ2n) is 6.80. The maximum absolute atomic E-state index is 12.5. The molecule has 1 atom stereocenters. The van der Waals surface area contributed by atoms with Gasteiger partial charge in [0.1, 0.15) is 6.04 Å². The van der Waals surface area contributed by atoms with Crippen LogP contribution in [-0.2, 0) is 4.79 Å². The molecule has 3 aromatic rings. The molecule has 7 nitrogen and oxygen atoms in total. The SMILES string of the molecule is CN(c1ccc(C=CCC(NC(=O)c2c(Cl)cccc2Cl)C(=O)O)cc1)c1ncccn1.[NaH]. The summed E-state index contributed by atoms with van der Waals surface area (Å²) in [7, 11) is 1.87. The Morgan fingerprint density at radius 3 is 2.24 bits per heavy atom. The first-order valence-electron chi connectivity index (χ1n) is 9.62. The van der Waals surface area contributed by atoms with Crippen LogP contribution in [-0.4, -0.2) is 69.6 Å². The van der Waals surface area contributed by atoms with Crippen molar-refractivity contribution in [3.8, 4) is 0 Å². The Hall–Kier alpha value is -2.42. The molecule has 1 aromatic heterocycles. The molecule has 0 aliphatic rings. The Kier molecular flexibility index (Phi) is 10.3. The van der Waals surface area contributed by atoms with Crippen LogP contribution in [0.3, 0.4) is 0 Å². The number of nitrogens with zero attached hydrogens (tertiary/aromatic N) is 3. The predicted molar refractivity (Wildman–Crippen MR) is 133 cm³/mol. The van der Waals surface area contributed by atoms with Gasteiger partial charge in [0.25, 0.3) is 5.91 Å². The molecule has 0 radical (unpaired) electrons. The van der Waals surface area contributed by atoms with Crippen LogP contribution in [0.15, 0.2) is 67.0 Å². The molecule has 0 saturated carbocycles. The zero-order chi connectivity index (χ0) is 23.1. The number of carbonyl (C=O) groups is 2. The summed E-state index contributed by atoms with van der Waals surface area (Å²) in [6.45, 7) is 0. The first-order valence-corrected chi connectivity index (χ1v) is 10.4. The molecular weight excluding hydrogens is 474 g/mol. The molecule has 0 aliphatic carbocycles. The van der Waals surface area contributed by atoms with E-state index in [1.807, 2.05) is 36.2 Å². The number of aromatic nitrogens is 2. The monoisotopic (exact) mass is 494 g/mol. The van der Waals surface area contributed by atoms with Crippen LogP contribution in [0.4, 0.5) is 11.6 Å². The topological polar surface area (TPSA) is 95.4 Å². The predicted octanol–water partition coefficient (Wildman–Crippen LogP) is 4.19. The van der Waals surface area contributed by atoms with Crippen LogP contribution in [0, 0.1) is 0 Å². The molecule has 1 unspecified atom stereocenters. The van der Waals surface area contributed by atoms with Gasteiger partial charge in [-0.15, -0.1) is 0 Å². The van der Waals surface area contributed by atoms with Crippen LogP contribution in [0.25, 0.3) is 6.08 Å². The number of carbonyl (C=O) groups excluding carboxylic acids is 1. The van der Waals surface area contributed by atoms with Gasteiger partial charge < -0.3 is 15.3 Å². The van der Waals surface area contributed by atoms with Crippen molar-refractivity contribution in [2.45, 2.75) is 12.5 Å². The van der Waals surface area contributed by atoms with Crippen LogP contribution in [0.5, 0.6) is 0 Å². The van der Waals surface area contributed by atoms with Crippen LogP contribution < -0.4 is 10.2 Å². The van der Waals surface area contributed by atoms with Crippen molar-refractivity contribution in [1.82, 2.24) is 15.3 Å². The number of carboxylic acids is 1. The number of hydrogen-bond acceptors (Lipinski definition) is 5. The second-order valence-corrected chi connectivity index (χ2v) is 7.61. The Morgan fingerprint density at radius 1 is 1.06 bits per heavy atom. The summed E-state index contributed by atoms with van der Waals surface area (Å²) in [5.74, 6) is -1.22. The average molecular weight is 495 g/mol. The van der Waals surface area contributed by atoms with Gasteiger partial charge in [-0.1, -0.05) is 53.6 Å². The first-order chi connectivity index (χ1) is 15.4. The molecular formula is C23H21Cl2N4NaO3. The van der Waals surface area contributed by atoms with Crippen molar-refractivity contribution in [2.75, 3.05) is 11.9 Å². The second kappa shape index (κ2) is 12.7. The Bertz CT molecular complexity index is 1110. The Balaban J connectivity index is 0.00000385. The summed E-state index contributed by atoms with van der Waals surface area (Å²) in [5, 5.41) is 12.2. The summed E-state index contributed by atoms with van der Waals surface area (Å²) in [6.07, 6.45) is 6.91. The third-order valence-corrected chi connectivity index (χ3v) is 5.24. The number of aliphatic carboxylic acids is 1. The van der Waals surface area contributed by atoms with Crippen molar-refractivity contribution in [1.29, 1.82) is 0 Å². The van der Waals surface area contributed by atoms with Crippen LogP contribution >= 0.6 is 23.2 Å².